The maximum atomic E-state index is 11.1. The van der Waals surface area contributed by atoms with Crippen molar-refractivity contribution in [1.82, 2.24) is 4.72 Å². The van der Waals surface area contributed by atoms with Crippen LogP contribution in [-0.2, 0) is 10.0 Å². The summed E-state index contributed by atoms with van der Waals surface area (Å²) in [4.78, 5) is 11.1. The molecule has 0 unspecified atom stereocenters. The van der Waals surface area contributed by atoms with Crippen molar-refractivity contribution in [2.75, 3.05) is 0 Å². The summed E-state index contributed by atoms with van der Waals surface area (Å²) in [6, 6.07) is 6.09. The summed E-state index contributed by atoms with van der Waals surface area (Å²) >= 11 is 0. The van der Waals surface area contributed by atoms with Crippen LogP contribution >= 0.6 is 0 Å². The van der Waals surface area contributed by atoms with Crippen molar-refractivity contribution in [3.63, 3.8) is 0 Å². The van der Waals surface area contributed by atoms with E-state index in [1.54, 1.807) is 12.1 Å². The van der Waals surface area contributed by atoms with Crippen LogP contribution in [0.15, 0.2) is 29.2 Å². The number of amides is 1. The van der Waals surface area contributed by atoms with Crippen LogP contribution in [0, 0.1) is 0 Å². The van der Waals surface area contributed by atoms with E-state index in [2.05, 4.69) is 0 Å². The van der Waals surface area contributed by atoms with Crippen molar-refractivity contribution >= 4 is 15.9 Å². The largest absolute Gasteiger partial charge is 1.00 e. The number of carbonyl (C=O) groups excluding carboxylic acids is 1. The molecule has 0 radical (unpaired) electrons. The molecule has 0 aliphatic carbocycles. The van der Waals surface area contributed by atoms with E-state index in [1.165, 1.54) is 12.1 Å². The Labute approximate surface area is 126 Å². The quantitative estimate of drug-likeness (QED) is 0.451. The number of hydrogen-bond acceptors (Lipinski definition) is 3. The molecule has 4 nitrogen and oxygen atoms in total. The standard InChI is InChI=1S/C7H5NO3S.2Na/c9-7-5-3-1-2-4-6(5)12(10,11)8-7;;/h1-4H,(H,8,9);;/q;2*+1. The van der Waals surface area contributed by atoms with Crippen LogP contribution in [-0.4, -0.2) is 14.3 Å². The van der Waals surface area contributed by atoms with E-state index in [-0.39, 0.29) is 69.6 Å². The van der Waals surface area contributed by atoms with Crippen molar-refractivity contribution < 1.29 is 72.3 Å². The van der Waals surface area contributed by atoms with Crippen LogP contribution in [0.3, 0.4) is 0 Å². The summed E-state index contributed by atoms with van der Waals surface area (Å²) in [5.41, 5.74) is 0.220. The first-order valence-corrected chi connectivity index (χ1v) is 4.76. The average Bonchev–Trinajstić information content (AvgIpc) is 2.25. The number of sulfonamides is 1. The molecule has 1 N–H and O–H groups in total. The van der Waals surface area contributed by atoms with Crippen molar-refractivity contribution in [1.29, 1.82) is 0 Å². The van der Waals surface area contributed by atoms with E-state index in [1.807, 2.05) is 4.72 Å². The third kappa shape index (κ3) is 2.41. The molecule has 1 amide bonds. The molecule has 7 heteroatoms. The third-order valence-corrected chi connectivity index (χ3v) is 3.04. The summed E-state index contributed by atoms with van der Waals surface area (Å²) in [5.74, 6) is -0.550. The van der Waals surface area contributed by atoms with Crippen LogP contribution in [0.4, 0.5) is 0 Å². The molecular formula is C7H5NNa2O3S+2. The predicted molar refractivity (Wildman–Crippen MR) is 41.1 cm³/mol. The van der Waals surface area contributed by atoms with Crippen molar-refractivity contribution in [3.8, 4) is 0 Å². The molecule has 62 valence electrons. The zero-order valence-corrected chi connectivity index (χ0v) is 12.8. The minimum Gasteiger partial charge on any atom is -0.268 e. The minimum atomic E-state index is -3.55. The Balaban J connectivity index is 0.000000845. The average molecular weight is 229 g/mol. The van der Waals surface area contributed by atoms with E-state index < -0.39 is 15.9 Å². The molecule has 0 bridgehead atoms. The van der Waals surface area contributed by atoms with Crippen molar-refractivity contribution in [2.45, 2.75) is 4.90 Å². The first-order chi connectivity index (χ1) is 5.61. The third-order valence-electron chi connectivity index (χ3n) is 1.65. The molecule has 0 saturated heterocycles. The summed E-state index contributed by atoms with van der Waals surface area (Å²) in [5, 5.41) is 0. The van der Waals surface area contributed by atoms with E-state index in [0.29, 0.717) is 0 Å². The van der Waals surface area contributed by atoms with Gasteiger partial charge in [0.15, 0.2) is 0 Å². The second kappa shape index (κ2) is 5.12. The fourth-order valence-corrected chi connectivity index (χ4v) is 2.29. The number of rotatable bonds is 0. The van der Waals surface area contributed by atoms with Crippen LogP contribution in [0.1, 0.15) is 10.4 Å². The maximum Gasteiger partial charge on any atom is 1.00 e. The first-order valence-electron chi connectivity index (χ1n) is 3.27. The number of benzene rings is 1. The van der Waals surface area contributed by atoms with Crippen LogP contribution in [0.5, 0.6) is 0 Å². The maximum absolute atomic E-state index is 11.1. The smallest absolute Gasteiger partial charge is 0.268 e. The van der Waals surface area contributed by atoms with Gasteiger partial charge in [0.1, 0.15) is 4.90 Å². The Kier molecular flexibility index (Phi) is 5.35. The van der Waals surface area contributed by atoms with Gasteiger partial charge in [-0.15, -0.1) is 0 Å². The zero-order chi connectivity index (χ0) is 8.77. The van der Waals surface area contributed by atoms with Crippen molar-refractivity contribution in [3.05, 3.63) is 29.8 Å². The Hall–Kier alpha value is 0.640. The van der Waals surface area contributed by atoms with E-state index in [0.717, 1.165) is 0 Å². The van der Waals surface area contributed by atoms with Crippen LogP contribution in [0.2, 0.25) is 0 Å². The fraction of sp³-hybridized carbons (Fsp3) is 0. The van der Waals surface area contributed by atoms with Crippen molar-refractivity contribution in [2.24, 2.45) is 0 Å². The molecule has 14 heavy (non-hydrogen) atoms. The minimum absolute atomic E-state index is 0. The molecule has 0 atom stereocenters. The molecule has 0 aromatic heterocycles. The second-order valence-corrected chi connectivity index (χ2v) is 4.08. The number of carbonyl (C=O) groups is 1. The molecule has 0 fully saturated rings. The van der Waals surface area contributed by atoms with Gasteiger partial charge in [-0.2, -0.15) is 0 Å². The van der Waals surface area contributed by atoms with Gasteiger partial charge >= 0.3 is 59.1 Å². The zero-order valence-electron chi connectivity index (χ0n) is 7.94. The summed E-state index contributed by atoms with van der Waals surface area (Å²) in [7, 11) is -3.55. The Morgan fingerprint density at radius 3 is 2.21 bits per heavy atom. The number of fused-ring (bicyclic) bond motifs is 1. The summed E-state index contributed by atoms with van der Waals surface area (Å²) in [6.45, 7) is 0. The van der Waals surface area contributed by atoms with Crippen LogP contribution in [0.25, 0.3) is 0 Å². The second-order valence-electron chi connectivity index (χ2n) is 2.43. The van der Waals surface area contributed by atoms with Gasteiger partial charge in [0.05, 0.1) is 5.56 Å². The van der Waals surface area contributed by atoms with Gasteiger partial charge in [0.2, 0.25) is 0 Å². The van der Waals surface area contributed by atoms with Gasteiger partial charge in [-0.1, -0.05) is 12.1 Å². The Morgan fingerprint density at radius 2 is 1.64 bits per heavy atom. The van der Waals surface area contributed by atoms with Gasteiger partial charge in [-0.05, 0) is 12.1 Å². The summed E-state index contributed by atoms with van der Waals surface area (Å²) < 4.78 is 24.2. The van der Waals surface area contributed by atoms with E-state index in [9.17, 15) is 13.2 Å². The number of hydrogen-bond donors (Lipinski definition) is 1. The van der Waals surface area contributed by atoms with E-state index in [4.69, 9.17) is 0 Å². The molecule has 1 aromatic carbocycles. The monoisotopic (exact) mass is 229 g/mol. The van der Waals surface area contributed by atoms with Crippen LogP contribution < -0.4 is 63.8 Å². The van der Waals surface area contributed by atoms with Gasteiger partial charge in [-0.25, -0.2) is 13.1 Å². The molecule has 1 aromatic rings. The molecule has 2 rings (SSSR count). The predicted octanol–water partition coefficient (Wildman–Crippen LogP) is -5.87. The van der Waals surface area contributed by atoms with Gasteiger partial charge in [-0.3, -0.25) is 4.79 Å². The van der Waals surface area contributed by atoms with Gasteiger partial charge < -0.3 is 0 Å². The van der Waals surface area contributed by atoms with E-state index >= 15 is 0 Å². The Morgan fingerprint density at radius 1 is 1.07 bits per heavy atom. The summed E-state index contributed by atoms with van der Waals surface area (Å²) in [6.07, 6.45) is 0. The SMILES string of the molecule is O=C1NS(=O)(=O)c2ccccc21.[Na+].[Na+]. The topological polar surface area (TPSA) is 63.2 Å². The molecular weight excluding hydrogens is 224 g/mol. The number of nitrogens with one attached hydrogen (secondary N) is 1. The molecule has 1 aliphatic rings. The first kappa shape index (κ1) is 14.6. The van der Waals surface area contributed by atoms with Gasteiger partial charge in [0.25, 0.3) is 15.9 Å². The molecule has 1 aliphatic heterocycles. The normalized spacial score (nSPS) is 15.9. The molecule has 0 saturated carbocycles. The molecule has 0 spiro atoms. The fourth-order valence-electron chi connectivity index (χ4n) is 1.12. The van der Waals surface area contributed by atoms with Gasteiger partial charge in [0, 0.05) is 0 Å². The molecule has 1 heterocycles. The Bertz CT molecular complexity index is 458.